The first-order valence-corrected chi connectivity index (χ1v) is 4.76. The number of nitriles is 1. The number of halogens is 3. The molecular weight excluding hydrogens is 219 g/mol. The topological polar surface area (TPSA) is 39.9 Å². The summed E-state index contributed by atoms with van der Waals surface area (Å²) in [4.78, 5) is 4.58. The Morgan fingerprint density at radius 1 is 1.19 bits per heavy atom. The smallest absolute Gasteiger partial charge is 0.252 e. The zero-order valence-electron chi connectivity index (χ0n) is 8.89. The Labute approximate surface area is 91.1 Å². The average Bonchev–Trinajstić information content (AvgIpc) is 2.28. The number of nitrogens with zero attached hydrogens (tertiary/aromatic N) is 3. The third-order valence-electron chi connectivity index (χ3n) is 2.20. The Kier molecular flexibility index (Phi) is 3.72. The molecule has 0 amide bonds. The van der Waals surface area contributed by atoms with Gasteiger partial charge in [-0.2, -0.15) is 14.6 Å². The van der Waals surface area contributed by atoms with Crippen molar-refractivity contribution in [2.45, 2.75) is 13.8 Å². The average molecular weight is 229 g/mol. The molecule has 1 heterocycles. The van der Waals surface area contributed by atoms with Crippen molar-refractivity contribution in [3.63, 3.8) is 0 Å². The third kappa shape index (κ3) is 1.94. The predicted octanol–water partition coefficient (Wildman–Crippen LogP) is 2.22. The summed E-state index contributed by atoms with van der Waals surface area (Å²) in [6.07, 6.45) is 0. The molecule has 1 aromatic heterocycles. The first kappa shape index (κ1) is 12.3. The summed E-state index contributed by atoms with van der Waals surface area (Å²) >= 11 is 0. The number of hydrogen-bond donors (Lipinski definition) is 0. The van der Waals surface area contributed by atoms with Gasteiger partial charge in [0, 0.05) is 13.1 Å². The highest BCUT2D eigenvalue weighted by Gasteiger charge is 2.22. The van der Waals surface area contributed by atoms with Crippen LogP contribution in [0.15, 0.2) is 0 Å². The second-order valence-electron chi connectivity index (χ2n) is 3.01. The third-order valence-corrected chi connectivity index (χ3v) is 2.20. The summed E-state index contributed by atoms with van der Waals surface area (Å²) in [5.74, 6) is -4.46. The maximum absolute atomic E-state index is 13.6. The van der Waals surface area contributed by atoms with E-state index < -0.39 is 23.1 Å². The lowest BCUT2D eigenvalue weighted by atomic mass is 10.2. The summed E-state index contributed by atoms with van der Waals surface area (Å²) in [6.45, 7) is 4.21. The van der Waals surface area contributed by atoms with E-state index in [1.54, 1.807) is 13.8 Å². The molecule has 0 aliphatic heterocycles. The van der Waals surface area contributed by atoms with Gasteiger partial charge in [-0.15, -0.1) is 0 Å². The monoisotopic (exact) mass is 229 g/mol. The predicted molar refractivity (Wildman–Crippen MR) is 52.4 cm³/mol. The Morgan fingerprint density at radius 3 is 2.19 bits per heavy atom. The molecular formula is C10H10F3N3. The van der Waals surface area contributed by atoms with Crippen molar-refractivity contribution in [1.29, 1.82) is 5.26 Å². The van der Waals surface area contributed by atoms with Crippen LogP contribution in [0.25, 0.3) is 0 Å². The van der Waals surface area contributed by atoms with Crippen molar-refractivity contribution in [1.82, 2.24) is 4.98 Å². The van der Waals surface area contributed by atoms with Crippen LogP contribution in [0.3, 0.4) is 0 Å². The zero-order chi connectivity index (χ0) is 12.3. The van der Waals surface area contributed by atoms with Gasteiger partial charge in [0.15, 0.2) is 17.5 Å². The molecule has 1 rings (SSSR count). The van der Waals surface area contributed by atoms with Crippen LogP contribution in [0.5, 0.6) is 0 Å². The van der Waals surface area contributed by atoms with Gasteiger partial charge >= 0.3 is 0 Å². The normalized spacial score (nSPS) is 10.0. The number of aromatic nitrogens is 1. The first-order chi connectivity index (χ1) is 7.56. The van der Waals surface area contributed by atoms with E-state index in [-0.39, 0.29) is 5.82 Å². The summed E-state index contributed by atoms with van der Waals surface area (Å²) < 4.78 is 39.6. The minimum atomic E-state index is -1.55. The van der Waals surface area contributed by atoms with E-state index in [2.05, 4.69) is 4.98 Å². The summed E-state index contributed by atoms with van der Waals surface area (Å²) in [6, 6.07) is 1.29. The van der Waals surface area contributed by atoms with Gasteiger partial charge in [-0.1, -0.05) is 0 Å². The lowest BCUT2D eigenvalue weighted by Gasteiger charge is -2.20. The molecule has 0 bridgehead atoms. The van der Waals surface area contributed by atoms with Crippen molar-refractivity contribution in [2.24, 2.45) is 0 Å². The van der Waals surface area contributed by atoms with Gasteiger partial charge in [0.1, 0.15) is 11.6 Å². The Balaban J connectivity index is 3.43. The fourth-order valence-corrected chi connectivity index (χ4v) is 1.33. The Morgan fingerprint density at radius 2 is 1.75 bits per heavy atom. The molecule has 0 aliphatic carbocycles. The van der Waals surface area contributed by atoms with Gasteiger partial charge in [0.25, 0.3) is 5.95 Å². The molecule has 0 saturated heterocycles. The van der Waals surface area contributed by atoms with Crippen molar-refractivity contribution >= 4 is 5.82 Å². The van der Waals surface area contributed by atoms with E-state index >= 15 is 0 Å². The van der Waals surface area contributed by atoms with Crippen LogP contribution in [-0.2, 0) is 0 Å². The molecule has 1 aromatic rings. The van der Waals surface area contributed by atoms with Crippen LogP contribution in [0.1, 0.15) is 19.4 Å². The van der Waals surface area contributed by atoms with Gasteiger partial charge in [-0.3, -0.25) is 0 Å². The van der Waals surface area contributed by atoms with Gasteiger partial charge in [-0.05, 0) is 13.8 Å². The van der Waals surface area contributed by atoms with Crippen molar-refractivity contribution < 1.29 is 13.2 Å². The van der Waals surface area contributed by atoms with Gasteiger partial charge in [0.05, 0.1) is 0 Å². The number of anilines is 1. The van der Waals surface area contributed by atoms with Crippen LogP contribution in [-0.4, -0.2) is 18.1 Å². The van der Waals surface area contributed by atoms with Gasteiger partial charge < -0.3 is 4.90 Å². The van der Waals surface area contributed by atoms with E-state index in [0.29, 0.717) is 13.1 Å². The molecule has 0 saturated carbocycles. The van der Waals surface area contributed by atoms with Crippen molar-refractivity contribution in [3.8, 4) is 6.07 Å². The van der Waals surface area contributed by atoms with Gasteiger partial charge in [-0.25, -0.2) is 8.78 Å². The summed E-state index contributed by atoms with van der Waals surface area (Å²) in [5.41, 5.74) is -0.936. The van der Waals surface area contributed by atoms with Crippen LogP contribution < -0.4 is 4.90 Å². The molecule has 0 N–H and O–H groups in total. The molecule has 0 unspecified atom stereocenters. The molecule has 6 heteroatoms. The lowest BCUT2D eigenvalue weighted by Crippen LogP contribution is -2.25. The largest absolute Gasteiger partial charge is 0.355 e. The minimum absolute atomic E-state index is 0.333. The number of pyridine rings is 1. The summed E-state index contributed by atoms with van der Waals surface area (Å²) in [5, 5.41) is 8.53. The fraction of sp³-hybridized carbons (Fsp3) is 0.400. The molecule has 0 fully saturated rings. The zero-order valence-corrected chi connectivity index (χ0v) is 8.89. The highest BCUT2D eigenvalue weighted by atomic mass is 19.2. The number of hydrogen-bond acceptors (Lipinski definition) is 3. The second kappa shape index (κ2) is 4.84. The van der Waals surface area contributed by atoms with E-state index in [4.69, 9.17) is 5.26 Å². The van der Waals surface area contributed by atoms with E-state index in [9.17, 15) is 13.2 Å². The Hall–Kier alpha value is -1.77. The SMILES string of the molecule is CCN(CC)c1nc(F)c(F)c(C#N)c1F. The van der Waals surface area contributed by atoms with Crippen LogP contribution in [0.4, 0.5) is 19.0 Å². The fourth-order valence-electron chi connectivity index (χ4n) is 1.33. The first-order valence-electron chi connectivity index (χ1n) is 4.76. The molecule has 0 aromatic carbocycles. The quantitative estimate of drug-likeness (QED) is 0.746. The number of rotatable bonds is 3. The van der Waals surface area contributed by atoms with E-state index in [1.807, 2.05) is 0 Å². The molecule has 0 aliphatic rings. The second-order valence-corrected chi connectivity index (χ2v) is 3.01. The summed E-state index contributed by atoms with van der Waals surface area (Å²) in [7, 11) is 0. The lowest BCUT2D eigenvalue weighted by molar-refractivity contribution is 0.460. The highest BCUT2D eigenvalue weighted by molar-refractivity contribution is 5.47. The molecule has 3 nitrogen and oxygen atoms in total. The molecule has 0 atom stereocenters. The maximum atomic E-state index is 13.6. The molecule has 16 heavy (non-hydrogen) atoms. The highest BCUT2D eigenvalue weighted by Crippen LogP contribution is 2.23. The van der Waals surface area contributed by atoms with E-state index in [1.165, 1.54) is 11.0 Å². The van der Waals surface area contributed by atoms with Crippen molar-refractivity contribution in [2.75, 3.05) is 18.0 Å². The van der Waals surface area contributed by atoms with Crippen LogP contribution in [0, 0.1) is 28.9 Å². The molecule has 86 valence electrons. The standard InChI is InChI=1S/C10H10F3N3/c1-3-16(4-2)10-8(12)6(5-14)7(11)9(13)15-10/h3-4H2,1-2H3. The van der Waals surface area contributed by atoms with Crippen LogP contribution >= 0.6 is 0 Å². The van der Waals surface area contributed by atoms with Crippen LogP contribution in [0.2, 0.25) is 0 Å². The minimum Gasteiger partial charge on any atom is -0.355 e. The maximum Gasteiger partial charge on any atom is 0.252 e. The molecule has 0 spiro atoms. The van der Waals surface area contributed by atoms with Gasteiger partial charge in [0.2, 0.25) is 0 Å². The van der Waals surface area contributed by atoms with E-state index in [0.717, 1.165) is 0 Å². The Bertz CT molecular complexity index is 436. The van der Waals surface area contributed by atoms with Crippen molar-refractivity contribution in [3.05, 3.63) is 23.1 Å². The molecule has 0 radical (unpaired) electrons.